The van der Waals surface area contributed by atoms with E-state index in [0.717, 1.165) is 11.5 Å². The zero-order valence-corrected chi connectivity index (χ0v) is 12.1. The fourth-order valence-electron chi connectivity index (χ4n) is 1.31. The van der Waals surface area contributed by atoms with Gasteiger partial charge in [-0.3, -0.25) is 9.78 Å². The van der Waals surface area contributed by atoms with Crippen molar-refractivity contribution < 1.29 is 4.79 Å². The van der Waals surface area contributed by atoms with E-state index in [0.29, 0.717) is 11.3 Å². The van der Waals surface area contributed by atoms with Crippen molar-refractivity contribution in [1.82, 2.24) is 10.3 Å². The molecule has 0 aliphatic rings. The number of hydrogen-bond acceptors (Lipinski definition) is 4. The van der Waals surface area contributed by atoms with Crippen molar-refractivity contribution in [3.05, 3.63) is 29.6 Å². The van der Waals surface area contributed by atoms with Crippen LogP contribution in [0.25, 0.3) is 0 Å². The van der Waals surface area contributed by atoms with E-state index in [1.807, 2.05) is 6.92 Å². The Morgan fingerprint density at radius 3 is 2.83 bits per heavy atom. The van der Waals surface area contributed by atoms with E-state index in [9.17, 15) is 4.79 Å². The van der Waals surface area contributed by atoms with Gasteiger partial charge in [-0.05, 0) is 24.8 Å². The summed E-state index contributed by atoms with van der Waals surface area (Å²) < 4.78 is 0. The highest BCUT2D eigenvalue weighted by molar-refractivity contribution is 7.99. The van der Waals surface area contributed by atoms with Crippen LogP contribution in [0.3, 0.4) is 0 Å². The molecule has 1 rings (SSSR count). The molecule has 3 N–H and O–H groups in total. The van der Waals surface area contributed by atoms with Crippen molar-refractivity contribution in [1.29, 1.82) is 0 Å². The van der Waals surface area contributed by atoms with Gasteiger partial charge in [0.25, 0.3) is 5.91 Å². The van der Waals surface area contributed by atoms with Gasteiger partial charge in [0.15, 0.2) is 0 Å². The summed E-state index contributed by atoms with van der Waals surface area (Å²) in [6.45, 7) is 4.07. The minimum Gasteiger partial charge on any atom is -0.389 e. The number of thiocarbonyl (C=S) groups is 1. The summed E-state index contributed by atoms with van der Waals surface area (Å²) in [7, 11) is 0. The SMILES string of the molecule is CCSCC(C)NC(=O)c1ccc(C(N)=S)cn1. The maximum absolute atomic E-state index is 11.9. The van der Waals surface area contributed by atoms with Gasteiger partial charge in [0.05, 0.1) is 0 Å². The smallest absolute Gasteiger partial charge is 0.270 e. The average Bonchev–Trinajstić information content (AvgIpc) is 2.36. The lowest BCUT2D eigenvalue weighted by Crippen LogP contribution is -2.34. The van der Waals surface area contributed by atoms with E-state index < -0.39 is 0 Å². The Hall–Kier alpha value is -1.14. The van der Waals surface area contributed by atoms with Crippen LogP contribution < -0.4 is 11.1 Å². The van der Waals surface area contributed by atoms with Gasteiger partial charge >= 0.3 is 0 Å². The second kappa shape index (κ2) is 7.33. The van der Waals surface area contributed by atoms with Crippen molar-refractivity contribution in [3.8, 4) is 0 Å². The lowest BCUT2D eigenvalue weighted by molar-refractivity contribution is 0.0939. The van der Waals surface area contributed by atoms with Crippen LogP contribution in [0.1, 0.15) is 29.9 Å². The second-order valence-electron chi connectivity index (χ2n) is 3.83. The van der Waals surface area contributed by atoms with Crippen molar-refractivity contribution in [3.63, 3.8) is 0 Å². The normalized spacial score (nSPS) is 11.9. The minimum atomic E-state index is -0.173. The van der Waals surface area contributed by atoms with E-state index in [1.165, 1.54) is 6.20 Å². The summed E-state index contributed by atoms with van der Waals surface area (Å²) in [5.41, 5.74) is 6.50. The van der Waals surface area contributed by atoms with Crippen LogP contribution in [0.5, 0.6) is 0 Å². The molecule has 0 aliphatic heterocycles. The van der Waals surface area contributed by atoms with Gasteiger partial charge < -0.3 is 11.1 Å². The maximum atomic E-state index is 11.9. The molecule has 0 bridgehead atoms. The fraction of sp³-hybridized carbons (Fsp3) is 0.417. The Balaban J connectivity index is 2.58. The van der Waals surface area contributed by atoms with Crippen LogP contribution in [0.2, 0.25) is 0 Å². The first-order valence-electron chi connectivity index (χ1n) is 5.69. The number of nitrogens with zero attached hydrogens (tertiary/aromatic N) is 1. The Labute approximate surface area is 117 Å². The van der Waals surface area contributed by atoms with Crippen LogP contribution in [0.4, 0.5) is 0 Å². The standard InChI is InChI=1S/C12H17N3OS2/c1-3-18-7-8(2)15-12(16)10-5-4-9(6-14-10)11(13)17/h4-6,8H,3,7H2,1-2H3,(H2,13,17)(H,15,16). The van der Waals surface area contributed by atoms with Gasteiger partial charge in [-0.2, -0.15) is 11.8 Å². The molecule has 1 aromatic rings. The number of nitrogens with one attached hydrogen (secondary N) is 1. The number of pyridine rings is 1. The average molecular weight is 283 g/mol. The molecule has 1 aromatic heterocycles. The number of nitrogens with two attached hydrogens (primary N) is 1. The zero-order chi connectivity index (χ0) is 13.5. The topological polar surface area (TPSA) is 68.0 Å². The van der Waals surface area contributed by atoms with Gasteiger partial charge in [0, 0.05) is 23.6 Å². The molecule has 0 saturated heterocycles. The Morgan fingerprint density at radius 1 is 1.61 bits per heavy atom. The molecule has 0 aromatic carbocycles. The van der Waals surface area contributed by atoms with Crippen LogP contribution in [0, 0.1) is 0 Å². The third kappa shape index (κ3) is 4.62. The molecule has 1 atom stereocenters. The number of carbonyl (C=O) groups is 1. The monoisotopic (exact) mass is 283 g/mol. The number of thioether (sulfide) groups is 1. The number of amides is 1. The Morgan fingerprint density at radius 2 is 2.33 bits per heavy atom. The molecule has 98 valence electrons. The molecule has 1 amide bonds. The minimum absolute atomic E-state index is 0.125. The fourth-order valence-corrected chi connectivity index (χ4v) is 2.10. The maximum Gasteiger partial charge on any atom is 0.270 e. The number of hydrogen-bond donors (Lipinski definition) is 2. The Bertz CT molecular complexity index is 420. The summed E-state index contributed by atoms with van der Waals surface area (Å²) in [5.74, 6) is 1.77. The number of rotatable bonds is 6. The van der Waals surface area contributed by atoms with Crippen LogP contribution in [0.15, 0.2) is 18.3 Å². The molecule has 0 aliphatic carbocycles. The molecular weight excluding hydrogens is 266 g/mol. The first-order chi connectivity index (χ1) is 8.54. The number of carbonyl (C=O) groups excluding carboxylic acids is 1. The summed E-state index contributed by atoms with van der Waals surface area (Å²) >= 11 is 6.61. The zero-order valence-electron chi connectivity index (χ0n) is 10.5. The summed E-state index contributed by atoms with van der Waals surface area (Å²) in [6, 6.07) is 3.46. The lowest BCUT2D eigenvalue weighted by Gasteiger charge is -2.12. The third-order valence-electron chi connectivity index (χ3n) is 2.23. The van der Waals surface area contributed by atoms with Gasteiger partial charge in [-0.1, -0.05) is 19.1 Å². The molecule has 0 radical (unpaired) electrons. The van der Waals surface area contributed by atoms with Gasteiger partial charge in [0.2, 0.25) is 0 Å². The molecule has 18 heavy (non-hydrogen) atoms. The van der Waals surface area contributed by atoms with Gasteiger partial charge in [0.1, 0.15) is 10.7 Å². The quantitative estimate of drug-likeness (QED) is 0.776. The molecule has 0 fully saturated rings. The molecule has 1 unspecified atom stereocenters. The molecule has 0 spiro atoms. The van der Waals surface area contributed by atoms with Crippen LogP contribution in [-0.2, 0) is 0 Å². The highest BCUT2D eigenvalue weighted by Crippen LogP contribution is 2.04. The largest absolute Gasteiger partial charge is 0.389 e. The van der Waals surface area contributed by atoms with E-state index in [4.69, 9.17) is 18.0 Å². The number of aromatic nitrogens is 1. The molecule has 1 heterocycles. The summed E-state index contributed by atoms with van der Waals surface area (Å²) in [6.07, 6.45) is 1.52. The van der Waals surface area contributed by atoms with Gasteiger partial charge in [-0.15, -0.1) is 0 Å². The van der Waals surface area contributed by atoms with Crippen molar-refractivity contribution in [2.24, 2.45) is 5.73 Å². The third-order valence-corrected chi connectivity index (χ3v) is 3.61. The van der Waals surface area contributed by atoms with E-state index >= 15 is 0 Å². The van der Waals surface area contributed by atoms with E-state index in [2.05, 4.69) is 17.2 Å². The van der Waals surface area contributed by atoms with Gasteiger partial charge in [-0.25, -0.2) is 0 Å². The molecule has 6 heteroatoms. The molecular formula is C12H17N3OS2. The first-order valence-corrected chi connectivity index (χ1v) is 7.25. The lowest BCUT2D eigenvalue weighted by atomic mass is 10.2. The molecule has 4 nitrogen and oxygen atoms in total. The summed E-state index contributed by atoms with van der Waals surface area (Å²) in [5, 5.41) is 2.89. The molecule has 0 saturated carbocycles. The Kier molecular flexibility index (Phi) is 6.07. The van der Waals surface area contributed by atoms with Crippen LogP contribution >= 0.6 is 24.0 Å². The predicted octanol–water partition coefficient (Wildman–Crippen LogP) is 1.59. The highest BCUT2D eigenvalue weighted by Gasteiger charge is 2.11. The van der Waals surface area contributed by atoms with Crippen LogP contribution in [-0.4, -0.2) is 33.4 Å². The predicted molar refractivity (Wildman–Crippen MR) is 80.1 cm³/mol. The highest BCUT2D eigenvalue weighted by atomic mass is 32.2. The van der Waals surface area contributed by atoms with E-state index in [1.54, 1.807) is 23.9 Å². The second-order valence-corrected chi connectivity index (χ2v) is 5.59. The van der Waals surface area contributed by atoms with Crippen molar-refractivity contribution in [2.75, 3.05) is 11.5 Å². The summed E-state index contributed by atoms with van der Waals surface area (Å²) in [4.78, 5) is 16.2. The van der Waals surface area contributed by atoms with Crippen molar-refractivity contribution >= 4 is 34.9 Å². The van der Waals surface area contributed by atoms with Crippen molar-refractivity contribution in [2.45, 2.75) is 19.9 Å². The van der Waals surface area contributed by atoms with E-state index in [-0.39, 0.29) is 16.9 Å². The first kappa shape index (κ1) is 14.9.